The van der Waals surface area contributed by atoms with Gasteiger partial charge in [-0.05, 0) is 103 Å². The third kappa shape index (κ3) is 50.0. The van der Waals surface area contributed by atoms with E-state index in [4.69, 9.17) is 14.2 Å². The molecular weight excluding hydrogens is 781 g/mol. The molecule has 0 unspecified atom stereocenters. The van der Waals surface area contributed by atoms with Crippen LogP contribution in [0.25, 0.3) is 0 Å². The van der Waals surface area contributed by atoms with Crippen molar-refractivity contribution in [2.45, 2.75) is 271 Å². The summed E-state index contributed by atoms with van der Waals surface area (Å²) in [6.45, 7) is 6.50. The van der Waals surface area contributed by atoms with Crippen molar-refractivity contribution in [1.82, 2.24) is 0 Å². The quantitative estimate of drug-likeness (QED) is 0.0262. The molecule has 0 rings (SSSR count). The highest BCUT2D eigenvalue weighted by Gasteiger charge is 2.19. The Morgan fingerprint density at radius 2 is 0.619 bits per heavy atom. The zero-order valence-corrected chi connectivity index (χ0v) is 41.6. The van der Waals surface area contributed by atoms with Crippen LogP contribution in [0.1, 0.15) is 265 Å². The van der Waals surface area contributed by atoms with E-state index in [1.165, 1.54) is 116 Å². The lowest BCUT2D eigenvalue weighted by atomic mass is 10.1. The van der Waals surface area contributed by atoms with Gasteiger partial charge in [-0.2, -0.15) is 0 Å². The summed E-state index contributed by atoms with van der Waals surface area (Å²) >= 11 is 0. The first-order valence-corrected chi connectivity index (χ1v) is 26.8. The molecule has 1 atom stereocenters. The summed E-state index contributed by atoms with van der Waals surface area (Å²) in [5.41, 5.74) is 0. The highest BCUT2D eigenvalue weighted by atomic mass is 16.6. The van der Waals surface area contributed by atoms with Gasteiger partial charge in [0.15, 0.2) is 6.10 Å². The maximum atomic E-state index is 12.8. The van der Waals surface area contributed by atoms with Crippen molar-refractivity contribution in [3.63, 3.8) is 0 Å². The number of rotatable bonds is 48. The Morgan fingerprint density at radius 3 is 1.00 bits per heavy atom. The molecular formula is C57H100O6. The van der Waals surface area contributed by atoms with Crippen LogP contribution in [0.3, 0.4) is 0 Å². The molecule has 0 fully saturated rings. The molecule has 0 aliphatic rings. The van der Waals surface area contributed by atoms with Gasteiger partial charge in [0.1, 0.15) is 13.2 Å². The average molecular weight is 881 g/mol. The number of unbranched alkanes of at least 4 members (excludes halogenated alkanes) is 27. The van der Waals surface area contributed by atoms with E-state index in [1.54, 1.807) is 0 Å². The summed E-state index contributed by atoms with van der Waals surface area (Å²) in [5.74, 6) is -0.909. The van der Waals surface area contributed by atoms with E-state index >= 15 is 0 Å². The summed E-state index contributed by atoms with van der Waals surface area (Å²) in [5, 5.41) is 0. The van der Waals surface area contributed by atoms with Crippen LogP contribution in [0.2, 0.25) is 0 Å². The first-order valence-electron chi connectivity index (χ1n) is 26.8. The van der Waals surface area contributed by atoms with Gasteiger partial charge < -0.3 is 14.2 Å². The molecule has 0 N–H and O–H groups in total. The second kappa shape index (κ2) is 51.7. The zero-order valence-electron chi connectivity index (χ0n) is 41.6. The van der Waals surface area contributed by atoms with E-state index in [0.717, 1.165) is 109 Å². The predicted octanol–water partition coefficient (Wildman–Crippen LogP) is 17.6. The number of ether oxygens (including phenoxy) is 3. The van der Waals surface area contributed by atoms with Gasteiger partial charge in [-0.3, -0.25) is 14.4 Å². The molecule has 0 radical (unpaired) electrons. The number of esters is 3. The first kappa shape index (κ1) is 60.1. The predicted molar refractivity (Wildman–Crippen MR) is 270 cm³/mol. The van der Waals surface area contributed by atoms with Gasteiger partial charge in [0.2, 0.25) is 0 Å². The Labute approximate surface area is 390 Å². The summed E-state index contributed by atoms with van der Waals surface area (Å²) < 4.78 is 16.8. The van der Waals surface area contributed by atoms with E-state index in [9.17, 15) is 14.4 Å². The Balaban J connectivity index is 4.42. The topological polar surface area (TPSA) is 78.9 Å². The molecule has 6 nitrogen and oxygen atoms in total. The number of hydrogen-bond donors (Lipinski definition) is 0. The lowest BCUT2D eigenvalue weighted by molar-refractivity contribution is -0.167. The van der Waals surface area contributed by atoms with Crippen molar-refractivity contribution in [2.24, 2.45) is 0 Å². The minimum absolute atomic E-state index is 0.0849. The highest BCUT2D eigenvalue weighted by molar-refractivity contribution is 5.71. The lowest BCUT2D eigenvalue weighted by Gasteiger charge is -2.18. The maximum Gasteiger partial charge on any atom is 0.306 e. The molecule has 0 heterocycles. The fraction of sp³-hybridized carbons (Fsp3) is 0.772. The van der Waals surface area contributed by atoms with Crippen molar-refractivity contribution < 1.29 is 28.6 Å². The first-order chi connectivity index (χ1) is 31.0. The highest BCUT2D eigenvalue weighted by Crippen LogP contribution is 2.14. The molecule has 6 heteroatoms. The molecule has 0 bridgehead atoms. The van der Waals surface area contributed by atoms with Gasteiger partial charge in [0.25, 0.3) is 0 Å². The largest absolute Gasteiger partial charge is 0.462 e. The molecule has 0 aliphatic heterocycles. The van der Waals surface area contributed by atoms with E-state index < -0.39 is 6.10 Å². The molecule has 0 saturated carbocycles. The van der Waals surface area contributed by atoms with Crippen LogP contribution in [0.15, 0.2) is 60.8 Å². The number of hydrogen-bond acceptors (Lipinski definition) is 6. The van der Waals surface area contributed by atoms with Crippen LogP contribution >= 0.6 is 0 Å². The minimum Gasteiger partial charge on any atom is -0.462 e. The lowest BCUT2D eigenvalue weighted by Crippen LogP contribution is -2.30. The SMILES string of the molecule is CC/C=C\C/C=C\C/C=C\CCCCCCCC(=O)OC[C@H](COC(=O)CCCCCCCCC/C=C\CCCCCC)OC(=O)CCCCCCC/C=C\CCCCCCCC. The summed E-state index contributed by atoms with van der Waals surface area (Å²) in [6.07, 6.45) is 63.4. The molecule has 364 valence electrons. The molecule has 0 aliphatic carbocycles. The van der Waals surface area contributed by atoms with Crippen LogP contribution in [-0.2, 0) is 28.6 Å². The Kier molecular flexibility index (Phi) is 49.4. The van der Waals surface area contributed by atoms with Crippen molar-refractivity contribution in [3.8, 4) is 0 Å². The molecule has 0 spiro atoms. The number of carbonyl (C=O) groups is 3. The van der Waals surface area contributed by atoms with Gasteiger partial charge in [-0.25, -0.2) is 0 Å². The van der Waals surface area contributed by atoms with E-state index in [-0.39, 0.29) is 31.1 Å². The second-order valence-electron chi connectivity index (χ2n) is 17.7. The van der Waals surface area contributed by atoms with Crippen LogP contribution in [0, 0.1) is 0 Å². The van der Waals surface area contributed by atoms with Crippen molar-refractivity contribution in [2.75, 3.05) is 13.2 Å². The standard InChI is InChI=1S/C57H100O6/c1-4-7-10-13-16-19-22-25-28-31-34-37-40-43-46-49-55(58)61-52-54(63-57(60)51-48-45-42-39-36-33-30-27-24-21-18-15-12-9-6-3)53-62-56(59)50-47-44-41-38-35-32-29-26-23-20-17-14-11-8-5-2/h7,10,16,19-20,23,25,27-28,30,54H,4-6,8-9,11-15,17-18,21-22,24,26,29,31-53H2,1-3H3/b10-7-,19-16-,23-20-,28-25-,30-27-/t54-/m1/s1. The molecule has 0 aromatic rings. The van der Waals surface area contributed by atoms with Gasteiger partial charge in [0.05, 0.1) is 0 Å². The second-order valence-corrected chi connectivity index (χ2v) is 17.7. The van der Waals surface area contributed by atoms with Crippen molar-refractivity contribution in [3.05, 3.63) is 60.8 Å². The molecule has 0 amide bonds. The number of carbonyl (C=O) groups excluding carboxylic acids is 3. The van der Waals surface area contributed by atoms with Crippen LogP contribution in [-0.4, -0.2) is 37.2 Å². The van der Waals surface area contributed by atoms with Gasteiger partial charge >= 0.3 is 17.9 Å². The molecule has 0 aromatic heterocycles. The minimum atomic E-state index is -0.786. The Hall–Kier alpha value is -2.89. The van der Waals surface area contributed by atoms with Crippen LogP contribution < -0.4 is 0 Å². The fourth-order valence-corrected chi connectivity index (χ4v) is 7.45. The maximum absolute atomic E-state index is 12.8. The number of allylic oxidation sites excluding steroid dienone is 10. The molecule has 63 heavy (non-hydrogen) atoms. The monoisotopic (exact) mass is 881 g/mol. The van der Waals surface area contributed by atoms with Crippen molar-refractivity contribution in [1.29, 1.82) is 0 Å². The molecule has 0 aromatic carbocycles. The summed E-state index contributed by atoms with van der Waals surface area (Å²) in [4.78, 5) is 38.0. The van der Waals surface area contributed by atoms with E-state index in [2.05, 4.69) is 81.5 Å². The third-order valence-electron chi connectivity index (χ3n) is 11.5. The van der Waals surface area contributed by atoms with E-state index in [0.29, 0.717) is 19.3 Å². The average Bonchev–Trinajstić information content (AvgIpc) is 3.28. The van der Waals surface area contributed by atoms with Crippen LogP contribution in [0.4, 0.5) is 0 Å². The van der Waals surface area contributed by atoms with Gasteiger partial charge in [-0.15, -0.1) is 0 Å². The van der Waals surface area contributed by atoms with Gasteiger partial charge in [0, 0.05) is 19.3 Å². The van der Waals surface area contributed by atoms with Crippen molar-refractivity contribution >= 4 is 17.9 Å². The normalized spacial score (nSPS) is 12.5. The smallest absolute Gasteiger partial charge is 0.306 e. The van der Waals surface area contributed by atoms with Gasteiger partial charge in [-0.1, -0.05) is 204 Å². The Morgan fingerprint density at radius 1 is 0.333 bits per heavy atom. The third-order valence-corrected chi connectivity index (χ3v) is 11.5. The molecule has 0 saturated heterocycles. The summed E-state index contributed by atoms with van der Waals surface area (Å²) in [6, 6.07) is 0. The van der Waals surface area contributed by atoms with Crippen LogP contribution in [0.5, 0.6) is 0 Å². The van der Waals surface area contributed by atoms with E-state index in [1.807, 2.05) is 0 Å². The summed E-state index contributed by atoms with van der Waals surface area (Å²) in [7, 11) is 0. The fourth-order valence-electron chi connectivity index (χ4n) is 7.45. The Bertz CT molecular complexity index is 1150. The zero-order chi connectivity index (χ0) is 45.8.